The molecule has 4 unspecified atom stereocenters. The highest BCUT2D eigenvalue weighted by atomic mass is 16.7. The first-order valence-electron chi connectivity index (χ1n) is 7.33. The van der Waals surface area contributed by atoms with Gasteiger partial charge in [-0.25, -0.2) is 4.98 Å². The molecule has 0 aliphatic carbocycles. The molecular weight excluding hydrogens is 338 g/mol. The van der Waals surface area contributed by atoms with Crippen LogP contribution in [0.3, 0.4) is 0 Å². The van der Waals surface area contributed by atoms with Crippen LogP contribution in [0.25, 0.3) is 11.2 Å². The normalized spacial score (nSPS) is 26.4. The largest absolute Gasteiger partial charge is 0.394 e. The third-order valence-electron chi connectivity index (χ3n) is 3.89. The maximum Gasteiger partial charge on any atom is 0.280 e. The zero-order valence-electron chi connectivity index (χ0n) is 13.1. The number of nitrogen functional groups attached to an aromatic ring is 1. The maximum absolute atomic E-state index is 12.3. The van der Waals surface area contributed by atoms with Gasteiger partial charge in [-0.2, -0.15) is 4.98 Å². The number of aryl methyl sites for hydroxylation is 1. The van der Waals surface area contributed by atoms with Gasteiger partial charge >= 0.3 is 0 Å². The van der Waals surface area contributed by atoms with Crippen molar-refractivity contribution in [1.29, 1.82) is 0 Å². The molecule has 25 heavy (non-hydrogen) atoms. The Morgan fingerprint density at radius 3 is 2.68 bits per heavy atom. The number of aliphatic hydroxyl groups excluding tert-OH is 3. The summed E-state index contributed by atoms with van der Waals surface area (Å²) in [6.07, 6.45) is -4.97. The highest BCUT2D eigenvalue weighted by molar-refractivity contribution is 5.69. The predicted molar refractivity (Wildman–Crippen MR) is 82.4 cm³/mol. The van der Waals surface area contributed by atoms with Gasteiger partial charge in [-0.05, 0) is 0 Å². The van der Waals surface area contributed by atoms with Crippen LogP contribution in [-0.4, -0.2) is 66.0 Å². The molecule has 1 saturated heterocycles. The summed E-state index contributed by atoms with van der Waals surface area (Å²) in [5, 5.41) is 28.5. The molecule has 1 aliphatic rings. The van der Waals surface area contributed by atoms with Gasteiger partial charge in [-0.1, -0.05) is 0 Å². The van der Waals surface area contributed by atoms with Crippen molar-refractivity contribution in [1.82, 2.24) is 19.5 Å². The monoisotopic (exact) mass is 355 g/mol. The van der Waals surface area contributed by atoms with Crippen LogP contribution in [0.1, 0.15) is 5.69 Å². The smallest absolute Gasteiger partial charge is 0.280 e. The fourth-order valence-corrected chi connectivity index (χ4v) is 2.54. The van der Waals surface area contributed by atoms with Crippen LogP contribution >= 0.6 is 0 Å². The highest BCUT2D eigenvalue weighted by Crippen LogP contribution is 2.22. The molecule has 2 aromatic heterocycles. The SMILES string of the molecule is Cn1c(=O)c(COC2OC(CO)C(O)C2O)nc2c(=O)[nH]c(N)nc21. The quantitative estimate of drug-likeness (QED) is 0.369. The number of ether oxygens (including phenoxy) is 2. The van der Waals surface area contributed by atoms with E-state index in [4.69, 9.17) is 20.3 Å². The number of nitrogens with one attached hydrogen (secondary N) is 1. The first-order chi connectivity index (χ1) is 11.8. The Labute approximate surface area is 139 Å². The van der Waals surface area contributed by atoms with Crippen molar-refractivity contribution >= 4 is 17.1 Å². The van der Waals surface area contributed by atoms with Crippen molar-refractivity contribution in [3.63, 3.8) is 0 Å². The zero-order chi connectivity index (χ0) is 18.3. The van der Waals surface area contributed by atoms with E-state index in [0.29, 0.717) is 0 Å². The van der Waals surface area contributed by atoms with Crippen LogP contribution in [0.4, 0.5) is 5.95 Å². The molecule has 0 saturated carbocycles. The Hall–Kier alpha value is -2.38. The van der Waals surface area contributed by atoms with E-state index in [1.807, 2.05) is 0 Å². The van der Waals surface area contributed by atoms with E-state index in [2.05, 4.69) is 15.0 Å². The molecule has 12 nitrogen and oxygen atoms in total. The number of H-pyrrole nitrogens is 1. The van der Waals surface area contributed by atoms with Crippen molar-refractivity contribution in [2.45, 2.75) is 31.2 Å². The molecule has 0 spiro atoms. The summed E-state index contributed by atoms with van der Waals surface area (Å²) < 4.78 is 11.5. The van der Waals surface area contributed by atoms with Gasteiger partial charge in [0.1, 0.15) is 24.0 Å². The second-order valence-corrected chi connectivity index (χ2v) is 5.56. The van der Waals surface area contributed by atoms with Crippen molar-refractivity contribution in [2.24, 2.45) is 7.05 Å². The van der Waals surface area contributed by atoms with Crippen LogP contribution in [0, 0.1) is 0 Å². The van der Waals surface area contributed by atoms with E-state index in [0.717, 1.165) is 4.57 Å². The number of nitrogens with zero attached hydrogens (tertiary/aromatic N) is 3. The standard InChI is InChI=1S/C13H17N5O7/c1-18-9-6(10(22)17-13(14)16-9)15-4(11(18)23)3-24-12-8(21)7(20)5(2-19)25-12/h5,7-8,12,19-21H,2-3H2,1H3,(H3,14,16,17,22). The number of hydrogen-bond acceptors (Lipinski definition) is 10. The molecule has 3 rings (SSSR count). The second kappa shape index (κ2) is 6.50. The minimum absolute atomic E-state index is 0.0166. The molecule has 1 aliphatic heterocycles. The lowest BCUT2D eigenvalue weighted by Crippen LogP contribution is -2.35. The summed E-state index contributed by atoms with van der Waals surface area (Å²) in [5.41, 5.74) is 4.06. The van der Waals surface area contributed by atoms with Crippen LogP contribution in [-0.2, 0) is 23.1 Å². The van der Waals surface area contributed by atoms with Crippen molar-refractivity contribution in [3.8, 4) is 0 Å². The molecule has 2 aromatic rings. The highest BCUT2D eigenvalue weighted by Gasteiger charge is 2.43. The minimum atomic E-state index is -1.40. The second-order valence-electron chi connectivity index (χ2n) is 5.56. The number of anilines is 1. The maximum atomic E-state index is 12.3. The topological polar surface area (TPSA) is 186 Å². The van der Waals surface area contributed by atoms with Gasteiger partial charge < -0.3 is 30.5 Å². The molecule has 4 atom stereocenters. The molecule has 3 heterocycles. The number of rotatable bonds is 4. The molecule has 0 bridgehead atoms. The van der Waals surface area contributed by atoms with Gasteiger partial charge in [0.2, 0.25) is 5.95 Å². The average molecular weight is 355 g/mol. The Bertz CT molecular complexity index is 910. The van der Waals surface area contributed by atoms with Gasteiger partial charge in [0.25, 0.3) is 11.1 Å². The van der Waals surface area contributed by atoms with E-state index in [1.165, 1.54) is 7.05 Å². The summed E-state index contributed by atoms with van der Waals surface area (Å²) in [6, 6.07) is 0. The van der Waals surface area contributed by atoms with Gasteiger partial charge in [0.05, 0.1) is 13.2 Å². The van der Waals surface area contributed by atoms with Gasteiger partial charge in [-0.3, -0.25) is 19.1 Å². The number of nitrogens with two attached hydrogens (primary N) is 1. The van der Waals surface area contributed by atoms with Crippen molar-refractivity contribution in [3.05, 3.63) is 26.4 Å². The van der Waals surface area contributed by atoms with Crippen LogP contribution in [0.5, 0.6) is 0 Å². The molecule has 0 radical (unpaired) electrons. The number of aromatic amines is 1. The lowest BCUT2D eigenvalue weighted by molar-refractivity contribution is -0.176. The first kappa shape index (κ1) is 17.4. The van der Waals surface area contributed by atoms with Crippen LogP contribution < -0.4 is 16.9 Å². The molecule has 0 amide bonds. The number of aliphatic hydroxyl groups is 3. The van der Waals surface area contributed by atoms with Crippen LogP contribution in [0.15, 0.2) is 9.59 Å². The van der Waals surface area contributed by atoms with Gasteiger partial charge in [0, 0.05) is 7.05 Å². The Kier molecular flexibility index (Phi) is 4.53. The summed E-state index contributed by atoms with van der Waals surface area (Å²) in [5.74, 6) is -0.148. The summed E-state index contributed by atoms with van der Waals surface area (Å²) in [6.45, 7) is -0.893. The molecule has 0 aromatic carbocycles. The fourth-order valence-electron chi connectivity index (χ4n) is 2.54. The van der Waals surface area contributed by atoms with E-state index in [9.17, 15) is 19.8 Å². The molecule has 136 valence electrons. The van der Waals surface area contributed by atoms with Gasteiger partial charge in [-0.15, -0.1) is 0 Å². The lowest BCUT2D eigenvalue weighted by atomic mass is 10.1. The Morgan fingerprint density at radius 1 is 1.32 bits per heavy atom. The van der Waals surface area contributed by atoms with Crippen molar-refractivity contribution < 1.29 is 24.8 Å². The fraction of sp³-hybridized carbons (Fsp3) is 0.538. The van der Waals surface area contributed by atoms with Crippen LogP contribution in [0.2, 0.25) is 0 Å². The van der Waals surface area contributed by atoms with Crippen molar-refractivity contribution in [2.75, 3.05) is 12.3 Å². The average Bonchev–Trinajstić information content (AvgIpc) is 2.85. The lowest BCUT2D eigenvalue weighted by Gasteiger charge is -2.15. The summed E-state index contributed by atoms with van der Waals surface area (Å²) in [7, 11) is 1.40. The predicted octanol–water partition coefficient (Wildman–Crippen LogP) is -3.45. The molecule has 12 heteroatoms. The Balaban J connectivity index is 1.89. The number of fused-ring (bicyclic) bond motifs is 1. The molecule has 6 N–H and O–H groups in total. The number of aromatic nitrogens is 4. The van der Waals surface area contributed by atoms with E-state index >= 15 is 0 Å². The minimum Gasteiger partial charge on any atom is -0.394 e. The molecular formula is C13H17N5O7. The summed E-state index contributed by atoms with van der Waals surface area (Å²) in [4.78, 5) is 34.3. The Morgan fingerprint density at radius 2 is 2.04 bits per heavy atom. The number of hydrogen-bond donors (Lipinski definition) is 5. The zero-order valence-corrected chi connectivity index (χ0v) is 13.1. The molecule has 1 fully saturated rings. The van der Waals surface area contributed by atoms with E-state index in [-0.39, 0.29) is 29.4 Å². The summed E-state index contributed by atoms with van der Waals surface area (Å²) >= 11 is 0. The van der Waals surface area contributed by atoms with E-state index in [1.54, 1.807) is 0 Å². The first-order valence-corrected chi connectivity index (χ1v) is 7.33. The van der Waals surface area contributed by atoms with E-state index < -0.39 is 42.3 Å². The van der Waals surface area contributed by atoms with Gasteiger partial charge in [0.15, 0.2) is 17.5 Å². The third-order valence-corrected chi connectivity index (χ3v) is 3.89. The third kappa shape index (κ3) is 3.01.